The molecular formula is C21H20N2O5. The number of fused-ring (bicyclic) bond motifs is 1. The molecule has 7 nitrogen and oxygen atoms in total. The maximum absolute atomic E-state index is 12.6. The van der Waals surface area contributed by atoms with E-state index in [0.29, 0.717) is 22.3 Å². The van der Waals surface area contributed by atoms with Gasteiger partial charge in [-0.1, -0.05) is 32.0 Å². The van der Waals surface area contributed by atoms with Crippen LogP contribution in [0.3, 0.4) is 0 Å². The molecule has 0 fully saturated rings. The van der Waals surface area contributed by atoms with E-state index in [1.807, 2.05) is 6.07 Å². The number of hydrogen-bond acceptors (Lipinski definition) is 6. The van der Waals surface area contributed by atoms with Crippen LogP contribution >= 0.6 is 0 Å². The van der Waals surface area contributed by atoms with Crippen LogP contribution in [0.2, 0.25) is 0 Å². The maximum Gasteiger partial charge on any atom is 0.349 e. The third-order valence-electron chi connectivity index (χ3n) is 4.15. The van der Waals surface area contributed by atoms with Crippen LogP contribution in [-0.4, -0.2) is 16.9 Å². The molecule has 7 heteroatoms. The first kappa shape index (κ1) is 19.3. The highest BCUT2D eigenvalue weighted by molar-refractivity contribution is 6.05. The number of hydrogen-bond donors (Lipinski definition) is 1. The van der Waals surface area contributed by atoms with Crippen molar-refractivity contribution in [3.63, 3.8) is 0 Å². The fraction of sp³-hybridized carbons (Fsp3) is 0.238. The summed E-state index contributed by atoms with van der Waals surface area (Å²) >= 11 is 0. The number of amides is 1. The Balaban J connectivity index is 1.99. The monoisotopic (exact) mass is 380 g/mol. The predicted molar refractivity (Wildman–Crippen MR) is 104 cm³/mol. The number of carbonyl (C=O) groups is 2. The molecule has 0 spiro atoms. The summed E-state index contributed by atoms with van der Waals surface area (Å²) in [7, 11) is 0. The van der Waals surface area contributed by atoms with Crippen molar-refractivity contribution in [1.82, 2.24) is 4.98 Å². The lowest BCUT2D eigenvalue weighted by Gasteiger charge is -2.11. The molecule has 1 aromatic carbocycles. The SMILES string of the molecule is Cc1ncc(COC(=O)C(C)C)c2cc(C(=O)Nc3ccccc3)c(=O)oc12. The number of ether oxygens (including phenoxy) is 1. The Morgan fingerprint density at radius 3 is 2.61 bits per heavy atom. The van der Waals surface area contributed by atoms with Gasteiger partial charge in [-0.2, -0.15) is 0 Å². The Morgan fingerprint density at radius 2 is 1.93 bits per heavy atom. The van der Waals surface area contributed by atoms with Gasteiger partial charge >= 0.3 is 11.6 Å². The molecule has 0 aliphatic rings. The number of para-hydroxylation sites is 1. The lowest BCUT2D eigenvalue weighted by Crippen LogP contribution is -2.21. The van der Waals surface area contributed by atoms with Gasteiger partial charge in [0.2, 0.25) is 0 Å². The van der Waals surface area contributed by atoms with Gasteiger partial charge in [0.15, 0.2) is 5.58 Å². The van der Waals surface area contributed by atoms with Crippen LogP contribution in [0.1, 0.15) is 35.5 Å². The minimum absolute atomic E-state index is 0.0335. The average molecular weight is 380 g/mol. The van der Waals surface area contributed by atoms with E-state index in [1.165, 1.54) is 6.07 Å². The van der Waals surface area contributed by atoms with Crippen molar-refractivity contribution in [3.05, 3.63) is 69.8 Å². The van der Waals surface area contributed by atoms with Gasteiger partial charge in [0, 0.05) is 22.8 Å². The molecular weight excluding hydrogens is 360 g/mol. The summed E-state index contributed by atoms with van der Waals surface area (Å²) in [4.78, 5) is 40.9. The van der Waals surface area contributed by atoms with E-state index in [0.717, 1.165) is 0 Å². The zero-order chi connectivity index (χ0) is 20.3. The molecule has 0 radical (unpaired) electrons. The summed E-state index contributed by atoms with van der Waals surface area (Å²) < 4.78 is 10.6. The van der Waals surface area contributed by atoms with Crippen molar-refractivity contribution >= 4 is 28.5 Å². The molecule has 0 unspecified atom stereocenters. The molecule has 1 N–H and O–H groups in total. The third-order valence-corrected chi connectivity index (χ3v) is 4.15. The second kappa shape index (κ2) is 8.04. The van der Waals surface area contributed by atoms with Crippen molar-refractivity contribution < 1.29 is 18.7 Å². The highest BCUT2D eigenvalue weighted by Gasteiger charge is 2.18. The number of carbonyl (C=O) groups excluding carboxylic acids is 2. The number of esters is 1. The molecule has 0 atom stereocenters. The van der Waals surface area contributed by atoms with E-state index in [2.05, 4.69) is 10.3 Å². The molecule has 144 valence electrons. The van der Waals surface area contributed by atoms with E-state index in [1.54, 1.807) is 51.2 Å². The summed E-state index contributed by atoms with van der Waals surface area (Å²) in [6.45, 7) is 5.13. The first-order valence-corrected chi connectivity index (χ1v) is 8.82. The molecule has 2 heterocycles. The summed E-state index contributed by atoms with van der Waals surface area (Å²) in [5, 5.41) is 3.16. The Morgan fingerprint density at radius 1 is 1.21 bits per heavy atom. The standard InChI is InChI=1S/C21H20N2O5/c1-12(2)20(25)27-11-14-10-22-13(3)18-16(14)9-17(21(26)28-18)19(24)23-15-7-5-4-6-8-15/h4-10,12H,11H2,1-3H3,(H,23,24). The van der Waals surface area contributed by atoms with Gasteiger partial charge in [-0.25, -0.2) is 4.79 Å². The van der Waals surface area contributed by atoms with Crippen molar-refractivity contribution in [2.45, 2.75) is 27.4 Å². The summed E-state index contributed by atoms with van der Waals surface area (Å²) in [6.07, 6.45) is 1.55. The molecule has 0 saturated heterocycles. The van der Waals surface area contributed by atoms with E-state index in [-0.39, 0.29) is 29.6 Å². The van der Waals surface area contributed by atoms with Crippen molar-refractivity contribution in [3.8, 4) is 0 Å². The van der Waals surface area contributed by atoms with Crippen molar-refractivity contribution in [1.29, 1.82) is 0 Å². The maximum atomic E-state index is 12.6. The Labute approximate surface area is 161 Å². The van der Waals surface area contributed by atoms with E-state index in [4.69, 9.17) is 9.15 Å². The Hall–Kier alpha value is -3.48. The summed E-state index contributed by atoms with van der Waals surface area (Å²) in [6, 6.07) is 10.2. The third kappa shape index (κ3) is 4.09. The van der Waals surface area contributed by atoms with Crippen LogP contribution in [0.5, 0.6) is 0 Å². The number of nitrogens with one attached hydrogen (secondary N) is 1. The first-order valence-electron chi connectivity index (χ1n) is 8.82. The molecule has 28 heavy (non-hydrogen) atoms. The lowest BCUT2D eigenvalue weighted by molar-refractivity contribution is -0.148. The zero-order valence-electron chi connectivity index (χ0n) is 15.8. The molecule has 3 rings (SSSR count). The normalized spacial score (nSPS) is 10.9. The second-order valence-corrected chi connectivity index (χ2v) is 6.64. The van der Waals surface area contributed by atoms with Crippen molar-refractivity contribution in [2.24, 2.45) is 5.92 Å². The first-order chi connectivity index (χ1) is 13.4. The number of anilines is 1. The number of aryl methyl sites for hydroxylation is 1. The summed E-state index contributed by atoms with van der Waals surface area (Å²) in [5.74, 6) is -1.20. The van der Waals surface area contributed by atoms with E-state index >= 15 is 0 Å². The Bertz CT molecular complexity index is 1090. The van der Waals surface area contributed by atoms with Gasteiger partial charge in [0.05, 0.1) is 11.6 Å². The topological polar surface area (TPSA) is 98.5 Å². The molecule has 0 aliphatic heterocycles. The fourth-order valence-corrected chi connectivity index (χ4v) is 2.59. The van der Waals surface area contributed by atoms with Gasteiger partial charge in [-0.05, 0) is 25.1 Å². The second-order valence-electron chi connectivity index (χ2n) is 6.64. The molecule has 0 saturated carbocycles. The van der Waals surface area contributed by atoms with Crippen LogP contribution in [0.15, 0.2) is 51.8 Å². The Kier molecular flexibility index (Phi) is 5.54. The van der Waals surface area contributed by atoms with E-state index < -0.39 is 11.5 Å². The highest BCUT2D eigenvalue weighted by atomic mass is 16.5. The van der Waals surface area contributed by atoms with Gasteiger partial charge in [-0.3, -0.25) is 14.6 Å². The van der Waals surface area contributed by atoms with Crippen LogP contribution in [0.4, 0.5) is 5.69 Å². The smallest absolute Gasteiger partial charge is 0.349 e. The average Bonchev–Trinajstić information content (AvgIpc) is 2.67. The largest absolute Gasteiger partial charge is 0.461 e. The van der Waals surface area contributed by atoms with Gasteiger partial charge in [-0.15, -0.1) is 0 Å². The van der Waals surface area contributed by atoms with Gasteiger partial charge < -0.3 is 14.5 Å². The van der Waals surface area contributed by atoms with Crippen LogP contribution < -0.4 is 10.9 Å². The van der Waals surface area contributed by atoms with Crippen molar-refractivity contribution in [2.75, 3.05) is 5.32 Å². The minimum atomic E-state index is -0.762. The van der Waals surface area contributed by atoms with Crippen LogP contribution in [0.25, 0.3) is 11.0 Å². The quantitative estimate of drug-likeness (QED) is 0.681. The van der Waals surface area contributed by atoms with Gasteiger partial charge in [0.25, 0.3) is 5.91 Å². The number of pyridine rings is 1. The van der Waals surface area contributed by atoms with E-state index in [9.17, 15) is 14.4 Å². The molecule has 2 aromatic heterocycles. The summed E-state index contributed by atoms with van der Waals surface area (Å²) in [5.41, 5.74) is 0.969. The zero-order valence-corrected chi connectivity index (χ0v) is 15.8. The fourth-order valence-electron chi connectivity index (χ4n) is 2.59. The van der Waals surface area contributed by atoms with Crippen LogP contribution in [0, 0.1) is 12.8 Å². The molecule has 0 aliphatic carbocycles. The van der Waals surface area contributed by atoms with Gasteiger partial charge in [0.1, 0.15) is 12.2 Å². The lowest BCUT2D eigenvalue weighted by atomic mass is 10.1. The minimum Gasteiger partial charge on any atom is -0.461 e. The highest BCUT2D eigenvalue weighted by Crippen LogP contribution is 2.22. The number of aromatic nitrogens is 1. The number of benzene rings is 1. The molecule has 3 aromatic rings. The predicted octanol–water partition coefficient (Wildman–Crippen LogP) is 3.45. The van der Waals surface area contributed by atoms with Crippen LogP contribution in [-0.2, 0) is 16.1 Å². The number of rotatable bonds is 5. The molecule has 0 bridgehead atoms. The molecule has 1 amide bonds. The number of nitrogens with zero attached hydrogens (tertiary/aromatic N) is 1.